The predicted octanol–water partition coefficient (Wildman–Crippen LogP) is 4.97. The standard InChI is InChI=1S/C15H8Cl2N2O2/c16-14-6-5-12(19(20)21)8-10(14)7-11(9-18)13-3-1-2-4-15(13)17/h1-8H. The Morgan fingerprint density at radius 2 is 1.90 bits per heavy atom. The molecule has 0 atom stereocenters. The van der Waals surface area contributed by atoms with Crippen LogP contribution < -0.4 is 0 Å². The summed E-state index contributed by atoms with van der Waals surface area (Å²) in [6.45, 7) is 0. The fourth-order valence-electron chi connectivity index (χ4n) is 1.76. The van der Waals surface area contributed by atoms with Gasteiger partial charge in [-0.05, 0) is 18.2 Å². The monoisotopic (exact) mass is 318 g/mol. The van der Waals surface area contributed by atoms with Crippen LogP contribution in [0.15, 0.2) is 42.5 Å². The topological polar surface area (TPSA) is 66.9 Å². The van der Waals surface area contributed by atoms with E-state index in [0.717, 1.165) is 0 Å². The van der Waals surface area contributed by atoms with Gasteiger partial charge in [-0.1, -0.05) is 41.4 Å². The van der Waals surface area contributed by atoms with Crippen molar-refractivity contribution in [3.05, 3.63) is 73.8 Å². The van der Waals surface area contributed by atoms with E-state index >= 15 is 0 Å². The van der Waals surface area contributed by atoms with Crippen LogP contribution in [0.1, 0.15) is 11.1 Å². The number of nitro benzene ring substituents is 1. The number of allylic oxidation sites excluding steroid dienone is 1. The van der Waals surface area contributed by atoms with Gasteiger partial charge in [0.2, 0.25) is 0 Å². The van der Waals surface area contributed by atoms with Gasteiger partial charge >= 0.3 is 0 Å². The molecule has 0 aliphatic carbocycles. The Morgan fingerprint density at radius 3 is 2.52 bits per heavy atom. The summed E-state index contributed by atoms with van der Waals surface area (Å²) in [5.41, 5.74) is 1.12. The largest absolute Gasteiger partial charge is 0.270 e. The molecule has 0 N–H and O–H groups in total. The van der Waals surface area contributed by atoms with E-state index < -0.39 is 4.92 Å². The third-order valence-electron chi connectivity index (χ3n) is 2.77. The molecule has 0 saturated heterocycles. The van der Waals surface area contributed by atoms with E-state index in [1.165, 1.54) is 24.3 Å². The SMILES string of the molecule is N#CC(=Cc1cc([N+](=O)[O-])ccc1Cl)c1ccccc1Cl. The lowest BCUT2D eigenvalue weighted by atomic mass is 10.0. The highest BCUT2D eigenvalue weighted by atomic mass is 35.5. The summed E-state index contributed by atoms with van der Waals surface area (Å²) < 4.78 is 0. The van der Waals surface area contributed by atoms with E-state index in [1.54, 1.807) is 24.3 Å². The second kappa shape index (κ2) is 6.40. The molecule has 0 aliphatic heterocycles. The van der Waals surface area contributed by atoms with Crippen LogP contribution in [-0.4, -0.2) is 4.92 Å². The van der Waals surface area contributed by atoms with Gasteiger partial charge in [0.1, 0.15) is 0 Å². The molecule has 0 amide bonds. The van der Waals surface area contributed by atoms with Gasteiger partial charge in [0.15, 0.2) is 0 Å². The molecule has 0 fully saturated rings. The van der Waals surface area contributed by atoms with Crippen molar-refractivity contribution in [1.29, 1.82) is 5.26 Å². The Morgan fingerprint density at radius 1 is 1.19 bits per heavy atom. The number of non-ortho nitro benzene ring substituents is 1. The summed E-state index contributed by atoms with van der Waals surface area (Å²) >= 11 is 12.1. The van der Waals surface area contributed by atoms with Gasteiger partial charge in [0.25, 0.3) is 5.69 Å². The van der Waals surface area contributed by atoms with Gasteiger partial charge in [-0.25, -0.2) is 0 Å². The van der Waals surface area contributed by atoms with Crippen LogP contribution in [0, 0.1) is 21.4 Å². The lowest BCUT2D eigenvalue weighted by Crippen LogP contribution is -1.89. The van der Waals surface area contributed by atoms with Crippen LogP contribution in [0.4, 0.5) is 5.69 Å². The van der Waals surface area contributed by atoms with Gasteiger partial charge in [-0.2, -0.15) is 5.26 Å². The maximum Gasteiger partial charge on any atom is 0.270 e. The first-order chi connectivity index (χ1) is 10.0. The van der Waals surface area contributed by atoms with E-state index in [9.17, 15) is 15.4 Å². The maximum absolute atomic E-state index is 10.8. The summed E-state index contributed by atoms with van der Waals surface area (Å²) in [7, 11) is 0. The molecule has 2 rings (SSSR count). The van der Waals surface area contributed by atoms with Crippen LogP contribution in [0.25, 0.3) is 11.6 Å². The molecule has 0 spiro atoms. The number of nitrogens with zero attached hydrogens (tertiary/aromatic N) is 2. The number of benzene rings is 2. The summed E-state index contributed by atoms with van der Waals surface area (Å²) in [6, 6.07) is 12.9. The van der Waals surface area contributed by atoms with Gasteiger partial charge in [-0.15, -0.1) is 0 Å². The lowest BCUT2D eigenvalue weighted by Gasteiger charge is -2.03. The quantitative estimate of drug-likeness (QED) is 0.347. The summed E-state index contributed by atoms with van der Waals surface area (Å²) in [5.74, 6) is 0. The Balaban J connectivity index is 2.56. The number of hydrogen-bond acceptors (Lipinski definition) is 3. The summed E-state index contributed by atoms with van der Waals surface area (Å²) in [6.07, 6.45) is 1.48. The smallest absolute Gasteiger partial charge is 0.258 e. The fourth-order valence-corrected chi connectivity index (χ4v) is 2.17. The molecule has 2 aromatic rings. The van der Waals surface area contributed by atoms with Crippen LogP contribution in [-0.2, 0) is 0 Å². The fraction of sp³-hybridized carbons (Fsp3) is 0. The normalized spacial score (nSPS) is 11.0. The van der Waals surface area contributed by atoms with Crippen molar-refractivity contribution in [1.82, 2.24) is 0 Å². The zero-order valence-corrected chi connectivity index (χ0v) is 12.1. The van der Waals surface area contributed by atoms with E-state index in [1.807, 2.05) is 6.07 Å². The Bertz CT molecular complexity index is 779. The molecule has 0 bridgehead atoms. The Kier molecular flexibility index (Phi) is 4.59. The number of halogens is 2. The minimum Gasteiger partial charge on any atom is -0.258 e. The van der Waals surface area contributed by atoms with E-state index in [0.29, 0.717) is 21.2 Å². The first-order valence-corrected chi connectivity index (χ1v) is 6.59. The second-order valence-corrected chi connectivity index (χ2v) is 4.93. The third-order valence-corrected chi connectivity index (χ3v) is 3.45. The van der Waals surface area contributed by atoms with Crippen molar-refractivity contribution < 1.29 is 4.92 Å². The molecule has 0 radical (unpaired) electrons. The summed E-state index contributed by atoms with van der Waals surface area (Å²) in [5, 5.41) is 20.8. The highest BCUT2D eigenvalue weighted by molar-refractivity contribution is 6.33. The molecule has 0 saturated carbocycles. The average molecular weight is 319 g/mol. The van der Waals surface area contributed by atoms with Crippen LogP contribution in [0.2, 0.25) is 10.0 Å². The molecule has 0 unspecified atom stereocenters. The maximum atomic E-state index is 10.8. The first-order valence-electron chi connectivity index (χ1n) is 5.83. The zero-order valence-electron chi connectivity index (χ0n) is 10.6. The van der Waals surface area contributed by atoms with Crippen molar-refractivity contribution in [2.75, 3.05) is 0 Å². The van der Waals surface area contributed by atoms with E-state index in [2.05, 4.69) is 0 Å². The zero-order chi connectivity index (χ0) is 15.4. The molecule has 21 heavy (non-hydrogen) atoms. The van der Waals surface area contributed by atoms with Gasteiger partial charge in [0.05, 0.1) is 16.6 Å². The third kappa shape index (κ3) is 3.40. The number of rotatable bonds is 3. The minimum absolute atomic E-state index is 0.0953. The molecule has 6 heteroatoms. The van der Waals surface area contributed by atoms with Gasteiger partial charge < -0.3 is 0 Å². The van der Waals surface area contributed by atoms with Crippen LogP contribution >= 0.6 is 23.2 Å². The van der Waals surface area contributed by atoms with Crippen molar-refractivity contribution in [2.24, 2.45) is 0 Å². The molecular formula is C15H8Cl2N2O2. The lowest BCUT2D eigenvalue weighted by molar-refractivity contribution is -0.384. The molecule has 0 heterocycles. The van der Waals surface area contributed by atoms with Crippen molar-refractivity contribution in [2.45, 2.75) is 0 Å². The Hall–Kier alpha value is -2.35. The van der Waals surface area contributed by atoms with Crippen molar-refractivity contribution in [3.63, 3.8) is 0 Å². The Labute approximate surface area is 131 Å². The first kappa shape index (κ1) is 15.0. The molecule has 104 valence electrons. The predicted molar refractivity (Wildman–Crippen MR) is 83.0 cm³/mol. The second-order valence-electron chi connectivity index (χ2n) is 4.11. The van der Waals surface area contributed by atoms with Crippen molar-refractivity contribution >= 4 is 40.5 Å². The highest BCUT2D eigenvalue weighted by Gasteiger charge is 2.11. The van der Waals surface area contributed by atoms with Crippen LogP contribution in [0.3, 0.4) is 0 Å². The molecule has 0 aromatic heterocycles. The van der Waals surface area contributed by atoms with Crippen LogP contribution in [0.5, 0.6) is 0 Å². The number of nitro groups is 1. The average Bonchev–Trinajstić information content (AvgIpc) is 2.47. The van der Waals surface area contributed by atoms with Gasteiger partial charge in [0, 0.05) is 33.3 Å². The van der Waals surface area contributed by atoms with E-state index in [4.69, 9.17) is 23.2 Å². The minimum atomic E-state index is -0.519. The number of nitriles is 1. The highest BCUT2D eigenvalue weighted by Crippen LogP contribution is 2.29. The molecule has 2 aromatic carbocycles. The van der Waals surface area contributed by atoms with Crippen molar-refractivity contribution in [3.8, 4) is 6.07 Å². The molecule has 0 aliphatic rings. The molecule has 4 nitrogen and oxygen atoms in total. The summed E-state index contributed by atoms with van der Waals surface area (Å²) in [4.78, 5) is 10.3. The molecular weight excluding hydrogens is 311 g/mol. The number of hydrogen-bond donors (Lipinski definition) is 0. The van der Waals surface area contributed by atoms with E-state index in [-0.39, 0.29) is 11.3 Å². The van der Waals surface area contributed by atoms with Gasteiger partial charge in [-0.3, -0.25) is 10.1 Å².